The van der Waals surface area contributed by atoms with E-state index in [1.54, 1.807) is 12.7 Å². The number of aromatic nitrogens is 3. The van der Waals surface area contributed by atoms with E-state index in [0.717, 1.165) is 50.9 Å². The maximum Gasteiger partial charge on any atom is 0.254 e. The zero-order chi connectivity index (χ0) is 16.5. The van der Waals surface area contributed by atoms with Crippen LogP contribution in [0.1, 0.15) is 46.3 Å². The van der Waals surface area contributed by atoms with Crippen LogP contribution < -0.4 is 0 Å². The maximum absolute atomic E-state index is 13.0. The Morgan fingerprint density at radius 2 is 2.00 bits per heavy atom. The maximum atomic E-state index is 13.0. The first kappa shape index (κ1) is 15.4. The number of amides is 1. The second kappa shape index (κ2) is 6.38. The summed E-state index contributed by atoms with van der Waals surface area (Å²) in [5, 5.41) is 4.18. The van der Waals surface area contributed by atoms with Gasteiger partial charge in [0.05, 0.1) is 0 Å². The van der Waals surface area contributed by atoms with Gasteiger partial charge in [0.1, 0.15) is 12.7 Å². The smallest absolute Gasteiger partial charge is 0.254 e. The van der Waals surface area contributed by atoms with Crippen LogP contribution in [0.5, 0.6) is 0 Å². The number of likely N-dealkylation sites (tertiary alicyclic amines) is 1. The minimum atomic E-state index is 0.229. The molecule has 0 unspecified atom stereocenters. The third-order valence-electron chi connectivity index (χ3n) is 5.56. The van der Waals surface area contributed by atoms with Crippen LogP contribution in [-0.2, 0) is 19.4 Å². The quantitative estimate of drug-likeness (QED) is 0.872. The standard InChI is InChI=1S/C19H24N4O/c1-14-5-6-18(17-4-2-3-16(14)17)19(24)22-9-7-15(8-10-22)11-23-13-20-12-21-23/h5-6,12-13,15H,2-4,7-11H2,1H3. The molecule has 0 bridgehead atoms. The first-order valence-electron chi connectivity index (χ1n) is 8.95. The Morgan fingerprint density at radius 1 is 1.21 bits per heavy atom. The fraction of sp³-hybridized carbons (Fsp3) is 0.526. The molecular weight excluding hydrogens is 300 g/mol. The summed E-state index contributed by atoms with van der Waals surface area (Å²) >= 11 is 0. The van der Waals surface area contributed by atoms with Gasteiger partial charge in [0.25, 0.3) is 5.91 Å². The molecule has 0 atom stereocenters. The van der Waals surface area contributed by atoms with Gasteiger partial charge in [-0.25, -0.2) is 4.98 Å². The van der Waals surface area contributed by atoms with Crippen molar-refractivity contribution in [3.05, 3.63) is 47.0 Å². The lowest BCUT2D eigenvalue weighted by Crippen LogP contribution is -2.39. The zero-order valence-corrected chi connectivity index (χ0v) is 14.2. The van der Waals surface area contributed by atoms with Gasteiger partial charge in [0.2, 0.25) is 0 Å². The fourth-order valence-corrected chi connectivity index (χ4v) is 4.17. The molecule has 24 heavy (non-hydrogen) atoms. The van der Waals surface area contributed by atoms with Gasteiger partial charge in [-0.1, -0.05) is 6.07 Å². The van der Waals surface area contributed by atoms with Crippen LogP contribution >= 0.6 is 0 Å². The topological polar surface area (TPSA) is 51.0 Å². The molecule has 1 aromatic carbocycles. The number of nitrogens with zero attached hydrogens (tertiary/aromatic N) is 4. The molecule has 126 valence electrons. The van der Waals surface area contributed by atoms with E-state index in [9.17, 15) is 4.79 Å². The van der Waals surface area contributed by atoms with Crippen molar-refractivity contribution in [3.63, 3.8) is 0 Å². The summed E-state index contributed by atoms with van der Waals surface area (Å²) in [6.45, 7) is 4.76. The molecule has 1 aliphatic carbocycles. The molecule has 0 radical (unpaired) electrons. The van der Waals surface area contributed by atoms with Gasteiger partial charge in [0.15, 0.2) is 0 Å². The van der Waals surface area contributed by atoms with Crippen LogP contribution in [0.25, 0.3) is 0 Å². The highest BCUT2D eigenvalue weighted by atomic mass is 16.2. The first-order chi connectivity index (χ1) is 11.7. The fourth-order valence-electron chi connectivity index (χ4n) is 4.17. The molecule has 5 nitrogen and oxygen atoms in total. The van der Waals surface area contributed by atoms with E-state index >= 15 is 0 Å². The Labute approximate surface area is 142 Å². The van der Waals surface area contributed by atoms with Gasteiger partial charge in [-0.3, -0.25) is 9.48 Å². The molecule has 0 saturated carbocycles. The SMILES string of the molecule is Cc1ccc(C(=O)N2CCC(Cn3cncn3)CC2)c2c1CCC2. The monoisotopic (exact) mass is 324 g/mol. The molecule has 5 heteroatoms. The second-order valence-electron chi connectivity index (χ2n) is 7.09. The highest BCUT2D eigenvalue weighted by molar-refractivity contribution is 5.96. The third-order valence-corrected chi connectivity index (χ3v) is 5.56. The number of aryl methyl sites for hydroxylation is 1. The van der Waals surface area contributed by atoms with Crippen molar-refractivity contribution < 1.29 is 4.79 Å². The molecular formula is C19H24N4O. The van der Waals surface area contributed by atoms with Crippen molar-refractivity contribution in [1.82, 2.24) is 19.7 Å². The number of carbonyl (C=O) groups is 1. The van der Waals surface area contributed by atoms with Crippen molar-refractivity contribution in [3.8, 4) is 0 Å². The average Bonchev–Trinajstić information content (AvgIpc) is 3.27. The van der Waals surface area contributed by atoms with Gasteiger partial charge >= 0.3 is 0 Å². The van der Waals surface area contributed by atoms with Crippen LogP contribution in [0.15, 0.2) is 24.8 Å². The van der Waals surface area contributed by atoms with Gasteiger partial charge in [-0.2, -0.15) is 5.10 Å². The number of fused-ring (bicyclic) bond motifs is 1. The summed E-state index contributed by atoms with van der Waals surface area (Å²) in [4.78, 5) is 19.0. The van der Waals surface area contributed by atoms with Crippen molar-refractivity contribution in [1.29, 1.82) is 0 Å². The zero-order valence-electron chi connectivity index (χ0n) is 14.2. The summed E-state index contributed by atoms with van der Waals surface area (Å²) < 4.78 is 1.90. The normalized spacial score (nSPS) is 18.0. The lowest BCUT2D eigenvalue weighted by atomic mass is 9.94. The van der Waals surface area contributed by atoms with E-state index in [2.05, 4.69) is 23.1 Å². The van der Waals surface area contributed by atoms with E-state index in [1.807, 2.05) is 15.6 Å². The molecule has 2 aliphatic rings. The summed E-state index contributed by atoms with van der Waals surface area (Å²) in [6, 6.07) is 4.16. The first-order valence-corrected chi connectivity index (χ1v) is 8.95. The Hall–Kier alpha value is -2.17. The predicted octanol–water partition coefficient (Wildman–Crippen LogP) is 2.63. The number of hydrogen-bond donors (Lipinski definition) is 0. The molecule has 1 aromatic heterocycles. The van der Waals surface area contributed by atoms with Crippen LogP contribution in [0.2, 0.25) is 0 Å². The van der Waals surface area contributed by atoms with Crippen LogP contribution in [0.3, 0.4) is 0 Å². The molecule has 0 spiro atoms. The third kappa shape index (κ3) is 2.83. The lowest BCUT2D eigenvalue weighted by Gasteiger charge is -2.32. The molecule has 0 N–H and O–H groups in total. The molecule has 1 fully saturated rings. The van der Waals surface area contributed by atoms with E-state index in [4.69, 9.17) is 0 Å². The van der Waals surface area contributed by atoms with Gasteiger partial charge < -0.3 is 4.90 Å². The largest absolute Gasteiger partial charge is 0.339 e. The summed E-state index contributed by atoms with van der Waals surface area (Å²) in [7, 11) is 0. The summed E-state index contributed by atoms with van der Waals surface area (Å²) in [5.41, 5.74) is 5.01. The minimum Gasteiger partial charge on any atom is -0.339 e. The Kier molecular flexibility index (Phi) is 4.08. The van der Waals surface area contributed by atoms with Crippen LogP contribution in [0, 0.1) is 12.8 Å². The van der Waals surface area contributed by atoms with Crippen molar-refractivity contribution in [2.75, 3.05) is 13.1 Å². The van der Waals surface area contributed by atoms with E-state index in [0.29, 0.717) is 5.92 Å². The Balaban J connectivity index is 1.43. The van der Waals surface area contributed by atoms with Gasteiger partial charge in [-0.05, 0) is 67.7 Å². The number of piperidine rings is 1. The van der Waals surface area contributed by atoms with E-state index < -0.39 is 0 Å². The minimum absolute atomic E-state index is 0.229. The molecule has 1 amide bonds. The Bertz CT molecular complexity index is 730. The number of carbonyl (C=O) groups excluding carboxylic acids is 1. The average molecular weight is 324 g/mol. The highest BCUT2D eigenvalue weighted by Crippen LogP contribution is 2.30. The molecule has 2 heterocycles. The number of hydrogen-bond acceptors (Lipinski definition) is 3. The van der Waals surface area contributed by atoms with Crippen molar-refractivity contribution in [2.45, 2.75) is 45.6 Å². The highest BCUT2D eigenvalue weighted by Gasteiger charge is 2.27. The van der Waals surface area contributed by atoms with Crippen LogP contribution in [-0.4, -0.2) is 38.7 Å². The molecule has 2 aromatic rings. The Morgan fingerprint density at radius 3 is 2.75 bits per heavy atom. The molecule has 1 aliphatic heterocycles. The second-order valence-corrected chi connectivity index (χ2v) is 7.09. The van der Waals surface area contributed by atoms with Gasteiger partial charge in [0, 0.05) is 25.2 Å². The number of rotatable bonds is 3. The van der Waals surface area contributed by atoms with Gasteiger partial charge in [-0.15, -0.1) is 0 Å². The van der Waals surface area contributed by atoms with Crippen molar-refractivity contribution >= 4 is 5.91 Å². The molecule has 4 rings (SSSR count). The molecule has 1 saturated heterocycles. The number of benzene rings is 1. The predicted molar refractivity (Wildman–Crippen MR) is 91.9 cm³/mol. The van der Waals surface area contributed by atoms with Crippen LogP contribution in [0.4, 0.5) is 0 Å². The van der Waals surface area contributed by atoms with E-state index in [1.165, 1.54) is 23.1 Å². The van der Waals surface area contributed by atoms with Crippen molar-refractivity contribution in [2.24, 2.45) is 5.92 Å². The summed E-state index contributed by atoms with van der Waals surface area (Å²) in [5.74, 6) is 0.812. The summed E-state index contributed by atoms with van der Waals surface area (Å²) in [6.07, 6.45) is 8.80. The van der Waals surface area contributed by atoms with E-state index in [-0.39, 0.29) is 5.91 Å². The lowest BCUT2D eigenvalue weighted by molar-refractivity contribution is 0.0680.